The Labute approximate surface area is 329 Å². The van der Waals surface area contributed by atoms with Crippen molar-refractivity contribution < 1.29 is 25.8 Å². The molecule has 0 bridgehead atoms. The van der Waals surface area contributed by atoms with E-state index in [2.05, 4.69) is 166 Å². The average Bonchev–Trinajstić information content (AvgIpc) is 3.69. The SMILES string of the molecule is CC(C)(C)c1ccc2c(c1)c1ccc(Oc3[c-]c(-n4nc(C(C)(C)C)cc4C(C)(C)C)ccc3)[c-]c1n2-c1cc(C(C)(C)c2ccccc2)ccn1.[Pt+2]. The van der Waals surface area contributed by atoms with Gasteiger partial charge in [0.15, 0.2) is 0 Å². The second-order valence-corrected chi connectivity index (χ2v) is 17.6. The minimum absolute atomic E-state index is 0. The van der Waals surface area contributed by atoms with Crippen molar-refractivity contribution >= 4 is 21.8 Å². The van der Waals surface area contributed by atoms with Crippen LogP contribution >= 0.6 is 0 Å². The van der Waals surface area contributed by atoms with Crippen LogP contribution in [0.2, 0.25) is 0 Å². The minimum atomic E-state index is -0.217. The number of nitrogens with zero attached hydrogens (tertiary/aromatic N) is 4. The summed E-state index contributed by atoms with van der Waals surface area (Å²) in [5.74, 6) is 2.05. The van der Waals surface area contributed by atoms with E-state index in [1.165, 1.54) is 16.7 Å². The topological polar surface area (TPSA) is 44.9 Å². The Balaban J connectivity index is 0.00000481. The van der Waals surface area contributed by atoms with E-state index in [4.69, 9.17) is 14.8 Å². The number of benzene rings is 4. The fraction of sp³-hybridized carbons (Fsp3) is 0.319. The molecule has 0 atom stereocenters. The first-order chi connectivity index (χ1) is 24.4. The van der Waals surface area contributed by atoms with E-state index in [1.54, 1.807) is 0 Å². The molecule has 7 aromatic rings. The largest absolute Gasteiger partial charge is 2.00 e. The van der Waals surface area contributed by atoms with Gasteiger partial charge in [0, 0.05) is 45.2 Å². The third kappa shape index (κ3) is 7.38. The number of pyridine rings is 1. The third-order valence-electron chi connectivity index (χ3n) is 10.2. The molecule has 0 saturated carbocycles. The Bertz CT molecular complexity index is 2410. The van der Waals surface area contributed by atoms with E-state index in [-0.39, 0.29) is 42.7 Å². The average molecular weight is 882 g/mol. The Morgan fingerprint density at radius 1 is 0.585 bits per heavy atom. The van der Waals surface area contributed by atoms with Crippen LogP contribution in [0.15, 0.2) is 103 Å². The predicted octanol–water partition coefficient (Wildman–Crippen LogP) is 12.0. The van der Waals surface area contributed by atoms with Crippen molar-refractivity contribution in [1.29, 1.82) is 0 Å². The van der Waals surface area contributed by atoms with E-state index < -0.39 is 0 Å². The van der Waals surface area contributed by atoms with Crippen molar-refractivity contribution in [3.05, 3.63) is 143 Å². The number of ether oxygens (including phenoxy) is 1. The molecule has 0 N–H and O–H groups in total. The summed E-state index contributed by atoms with van der Waals surface area (Å²) in [6, 6.07) is 41.3. The zero-order valence-corrected chi connectivity index (χ0v) is 35.1. The number of fused-ring (bicyclic) bond motifs is 3. The van der Waals surface area contributed by atoms with Crippen LogP contribution in [0.5, 0.6) is 11.5 Å². The first kappa shape index (κ1) is 38.3. The van der Waals surface area contributed by atoms with Gasteiger partial charge in [-0.25, -0.2) is 4.98 Å². The number of aromatic nitrogens is 4. The molecule has 0 aliphatic carbocycles. The molecule has 0 saturated heterocycles. The van der Waals surface area contributed by atoms with Crippen LogP contribution < -0.4 is 4.74 Å². The minimum Gasteiger partial charge on any atom is -0.509 e. The molecule has 3 aromatic heterocycles. The second kappa shape index (κ2) is 13.7. The fourth-order valence-electron chi connectivity index (χ4n) is 6.84. The molecule has 0 aliphatic heterocycles. The van der Waals surface area contributed by atoms with Crippen LogP contribution in [0.3, 0.4) is 0 Å². The molecule has 0 spiro atoms. The summed E-state index contributed by atoms with van der Waals surface area (Å²) in [7, 11) is 0. The quantitative estimate of drug-likeness (QED) is 0.156. The van der Waals surface area contributed by atoms with Crippen LogP contribution in [0.25, 0.3) is 33.3 Å². The van der Waals surface area contributed by atoms with E-state index in [9.17, 15) is 0 Å². The Hall–Kier alpha value is -4.47. The van der Waals surface area contributed by atoms with Gasteiger partial charge in [-0.05, 0) is 57.4 Å². The predicted molar refractivity (Wildman–Crippen MR) is 215 cm³/mol. The Morgan fingerprint density at radius 2 is 1.30 bits per heavy atom. The molecule has 0 aliphatic rings. The maximum Gasteiger partial charge on any atom is 2.00 e. The first-order valence-corrected chi connectivity index (χ1v) is 18.3. The molecule has 53 heavy (non-hydrogen) atoms. The van der Waals surface area contributed by atoms with E-state index in [0.29, 0.717) is 11.5 Å². The van der Waals surface area contributed by atoms with Crippen molar-refractivity contribution in [2.75, 3.05) is 0 Å². The van der Waals surface area contributed by atoms with Crippen LogP contribution in [-0.4, -0.2) is 19.3 Å². The normalized spacial score (nSPS) is 12.7. The van der Waals surface area contributed by atoms with Gasteiger partial charge in [-0.15, -0.1) is 35.7 Å². The van der Waals surface area contributed by atoms with E-state index in [0.717, 1.165) is 44.7 Å². The van der Waals surface area contributed by atoms with Gasteiger partial charge in [-0.3, -0.25) is 4.68 Å². The zero-order valence-electron chi connectivity index (χ0n) is 32.8. The summed E-state index contributed by atoms with van der Waals surface area (Å²) in [5.41, 5.74) is 8.31. The van der Waals surface area contributed by atoms with Gasteiger partial charge >= 0.3 is 21.1 Å². The van der Waals surface area contributed by atoms with Gasteiger partial charge in [0.25, 0.3) is 0 Å². The van der Waals surface area contributed by atoms with Crippen molar-refractivity contribution in [3.63, 3.8) is 0 Å². The van der Waals surface area contributed by atoms with Gasteiger partial charge in [-0.2, -0.15) is 17.2 Å². The van der Waals surface area contributed by atoms with Crippen molar-refractivity contribution in [2.24, 2.45) is 0 Å². The molecule has 0 fully saturated rings. The summed E-state index contributed by atoms with van der Waals surface area (Å²) in [6.45, 7) is 24.5. The van der Waals surface area contributed by atoms with Gasteiger partial charge < -0.3 is 9.30 Å². The fourth-order valence-corrected chi connectivity index (χ4v) is 6.84. The van der Waals surface area contributed by atoms with Gasteiger partial charge in [0.2, 0.25) is 0 Å². The first-order valence-electron chi connectivity index (χ1n) is 18.3. The summed E-state index contributed by atoms with van der Waals surface area (Å²) in [5, 5.41) is 7.32. The monoisotopic (exact) mass is 881 g/mol. The van der Waals surface area contributed by atoms with E-state index in [1.807, 2.05) is 35.1 Å². The molecular formula is C47H50N4OPt. The maximum absolute atomic E-state index is 6.56. The molecule has 7 rings (SSSR count). The molecule has 3 heterocycles. The smallest absolute Gasteiger partial charge is 0.509 e. The van der Waals surface area contributed by atoms with Crippen molar-refractivity contribution in [1.82, 2.24) is 19.3 Å². The Kier molecular flexibility index (Phi) is 9.92. The molecule has 4 aromatic carbocycles. The molecule has 5 nitrogen and oxygen atoms in total. The van der Waals surface area contributed by atoms with Gasteiger partial charge in [0.1, 0.15) is 5.82 Å². The van der Waals surface area contributed by atoms with Crippen molar-refractivity contribution in [3.8, 4) is 23.0 Å². The molecule has 274 valence electrons. The summed E-state index contributed by atoms with van der Waals surface area (Å²) in [4.78, 5) is 4.95. The number of hydrogen-bond acceptors (Lipinski definition) is 3. The number of hydrogen-bond donors (Lipinski definition) is 0. The molecule has 0 amide bonds. The van der Waals surface area contributed by atoms with E-state index >= 15 is 0 Å². The van der Waals surface area contributed by atoms with Crippen LogP contribution in [0.4, 0.5) is 0 Å². The van der Waals surface area contributed by atoms with Gasteiger partial charge in [-0.1, -0.05) is 124 Å². The second-order valence-electron chi connectivity index (χ2n) is 17.6. The molecule has 0 radical (unpaired) electrons. The van der Waals surface area contributed by atoms with Gasteiger partial charge in [0.05, 0.1) is 5.69 Å². The maximum atomic E-state index is 6.56. The van der Waals surface area contributed by atoms with Crippen LogP contribution in [0.1, 0.15) is 104 Å². The summed E-state index contributed by atoms with van der Waals surface area (Å²) >= 11 is 0. The standard InChI is InChI=1S/C47H50N4O.Pt/c1-44(2,3)32-20-23-39-38(26-32)37-22-21-36(29-40(37)50(39)43-27-33(24-25-48-43)47(10,11)31-16-13-12-14-17-31)52-35-19-15-18-34(28-35)51-42(46(7,8)9)30-41(49-51)45(4,5)6;/h12-27,30H,1-11H3;/q-2;+2. The Morgan fingerprint density at radius 3 is 1.98 bits per heavy atom. The molecule has 6 heteroatoms. The zero-order chi connectivity index (χ0) is 37.2. The summed E-state index contributed by atoms with van der Waals surface area (Å²) in [6.07, 6.45) is 1.92. The third-order valence-corrected chi connectivity index (χ3v) is 10.2. The summed E-state index contributed by atoms with van der Waals surface area (Å²) < 4.78 is 10.8. The number of rotatable bonds is 6. The van der Waals surface area contributed by atoms with Crippen LogP contribution in [0, 0.1) is 12.1 Å². The van der Waals surface area contributed by atoms with Crippen LogP contribution in [-0.2, 0) is 42.7 Å². The molecular weight excluding hydrogens is 832 g/mol. The van der Waals surface area contributed by atoms with Crippen molar-refractivity contribution in [2.45, 2.75) is 97.8 Å². The molecule has 0 unspecified atom stereocenters.